The number of carbonyl (C=O) groups excluding carboxylic acids is 3. The standard InChI is InChI=1S/C28H32ClN5O8S/c1-6-27(5)19(13-40-28(16(3)36,25(38)39-7-2)12-18-8-11-43-14-18)42-24(21(27)41-17(4)37)34-15-31-20-22(30-9-10-35)32-26(29)33-23(20)34/h1,8,11,14-15,19,21,24,35H,7,9-10,12-13H2,2-5H3,(H,30,32,33)/t19-,21+,24-,27+,28?/m1/s1. The Labute approximate surface area is 256 Å². The largest absolute Gasteiger partial charge is 0.463 e. The Morgan fingerprint density at radius 3 is 2.72 bits per heavy atom. The molecule has 43 heavy (non-hydrogen) atoms. The molecule has 0 amide bonds. The van der Waals surface area contributed by atoms with E-state index in [1.54, 1.807) is 19.9 Å². The number of anilines is 1. The second-order valence-electron chi connectivity index (χ2n) is 10.0. The predicted octanol–water partition coefficient (Wildman–Crippen LogP) is 2.56. The van der Waals surface area contributed by atoms with Crippen LogP contribution in [0.3, 0.4) is 0 Å². The van der Waals surface area contributed by atoms with Crippen LogP contribution in [0, 0.1) is 17.8 Å². The van der Waals surface area contributed by atoms with Gasteiger partial charge in [0.25, 0.3) is 0 Å². The highest BCUT2D eigenvalue weighted by atomic mass is 35.5. The minimum atomic E-state index is -1.97. The number of aliphatic hydroxyl groups excluding tert-OH is 1. The monoisotopic (exact) mass is 633 g/mol. The van der Waals surface area contributed by atoms with Crippen molar-refractivity contribution in [3.63, 3.8) is 0 Å². The van der Waals surface area contributed by atoms with Crippen LogP contribution in [0.25, 0.3) is 11.2 Å². The lowest BCUT2D eigenvalue weighted by Gasteiger charge is -2.33. The van der Waals surface area contributed by atoms with Crippen molar-refractivity contribution in [1.82, 2.24) is 19.5 Å². The number of nitrogens with one attached hydrogen (secondary N) is 1. The third-order valence-electron chi connectivity index (χ3n) is 7.19. The first-order chi connectivity index (χ1) is 20.5. The molecule has 2 N–H and O–H groups in total. The fourth-order valence-electron chi connectivity index (χ4n) is 4.89. The SMILES string of the molecule is C#C[C@@]1(C)[C@@H](COC(Cc2ccsc2)(C(C)=O)C(=O)OCC)O[C@@H](n2cnc3c(NCCO)nc(Cl)nc32)[C@@H]1OC(C)=O. The number of imidazole rings is 1. The Morgan fingerprint density at radius 1 is 1.35 bits per heavy atom. The molecule has 0 bridgehead atoms. The number of thiophene rings is 1. The van der Waals surface area contributed by atoms with E-state index in [1.807, 2.05) is 10.8 Å². The van der Waals surface area contributed by atoms with Gasteiger partial charge in [-0.1, -0.05) is 5.92 Å². The number of fused-ring (bicyclic) bond motifs is 1. The van der Waals surface area contributed by atoms with Gasteiger partial charge in [-0.15, -0.1) is 6.42 Å². The first-order valence-electron chi connectivity index (χ1n) is 13.4. The second kappa shape index (κ2) is 13.4. The van der Waals surface area contributed by atoms with Crippen molar-refractivity contribution in [2.75, 3.05) is 31.7 Å². The molecule has 0 radical (unpaired) electrons. The molecule has 1 saturated heterocycles. The summed E-state index contributed by atoms with van der Waals surface area (Å²) < 4.78 is 25.1. The van der Waals surface area contributed by atoms with Crippen LogP contribution in [0.5, 0.6) is 0 Å². The third kappa shape index (κ3) is 6.36. The Morgan fingerprint density at radius 2 is 2.12 bits per heavy atom. The van der Waals surface area contributed by atoms with E-state index in [4.69, 9.17) is 37.0 Å². The van der Waals surface area contributed by atoms with E-state index in [-0.39, 0.29) is 49.5 Å². The van der Waals surface area contributed by atoms with Gasteiger partial charge in [0.15, 0.2) is 35.1 Å². The minimum Gasteiger partial charge on any atom is -0.463 e. The molecule has 1 unspecified atom stereocenters. The molecule has 3 aromatic heterocycles. The summed E-state index contributed by atoms with van der Waals surface area (Å²) in [5, 5.41) is 15.7. The van der Waals surface area contributed by atoms with Crippen LogP contribution in [0.4, 0.5) is 5.82 Å². The van der Waals surface area contributed by atoms with E-state index in [2.05, 4.69) is 26.2 Å². The molecular formula is C28H32ClN5O8S. The normalized spacial score (nSPS) is 23.0. The number of nitrogens with zero attached hydrogens (tertiary/aromatic N) is 4. The molecule has 4 heterocycles. The summed E-state index contributed by atoms with van der Waals surface area (Å²) in [6.45, 7) is 5.51. The molecule has 3 aromatic rings. The number of hydrogen-bond acceptors (Lipinski definition) is 13. The summed E-state index contributed by atoms with van der Waals surface area (Å²) in [7, 11) is 0. The Hall–Kier alpha value is -3.61. The van der Waals surface area contributed by atoms with Gasteiger partial charge in [-0.2, -0.15) is 21.3 Å². The van der Waals surface area contributed by atoms with Gasteiger partial charge in [0.1, 0.15) is 6.10 Å². The quantitative estimate of drug-likeness (QED) is 0.123. The average Bonchev–Trinajstić information content (AvgIpc) is 3.69. The van der Waals surface area contributed by atoms with Crippen LogP contribution in [-0.2, 0) is 39.8 Å². The van der Waals surface area contributed by atoms with Crippen molar-refractivity contribution in [2.24, 2.45) is 5.41 Å². The van der Waals surface area contributed by atoms with E-state index in [0.29, 0.717) is 11.1 Å². The zero-order valence-corrected chi connectivity index (χ0v) is 25.6. The first kappa shape index (κ1) is 32.3. The Bertz CT molecular complexity index is 1530. The molecule has 0 saturated carbocycles. The topological polar surface area (TPSA) is 164 Å². The zero-order valence-electron chi connectivity index (χ0n) is 24.0. The molecule has 13 nitrogen and oxygen atoms in total. The number of aliphatic hydroxyl groups is 1. The van der Waals surface area contributed by atoms with Crippen LogP contribution in [0.15, 0.2) is 23.2 Å². The number of esters is 2. The lowest BCUT2D eigenvalue weighted by molar-refractivity contribution is -0.182. The lowest BCUT2D eigenvalue weighted by atomic mass is 9.81. The van der Waals surface area contributed by atoms with E-state index < -0.39 is 47.2 Å². The highest BCUT2D eigenvalue weighted by Crippen LogP contribution is 2.46. The van der Waals surface area contributed by atoms with Crippen molar-refractivity contribution >= 4 is 57.6 Å². The summed E-state index contributed by atoms with van der Waals surface area (Å²) in [4.78, 5) is 51.4. The average molecular weight is 634 g/mol. The molecule has 0 aromatic carbocycles. The number of hydrogen-bond donors (Lipinski definition) is 2. The van der Waals surface area contributed by atoms with E-state index in [1.165, 1.54) is 36.1 Å². The maximum Gasteiger partial charge on any atom is 0.346 e. The third-order valence-corrected chi connectivity index (χ3v) is 8.09. The van der Waals surface area contributed by atoms with Crippen LogP contribution in [0.2, 0.25) is 5.28 Å². The van der Waals surface area contributed by atoms with Gasteiger partial charge < -0.3 is 29.4 Å². The van der Waals surface area contributed by atoms with Crippen LogP contribution >= 0.6 is 22.9 Å². The molecule has 1 fully saturated rings. The van der Waals surface area contributed by atoms with Gasteiger partial charge in [0.05, 0.1) is 31.6 Å². The number of rotatable bonds is 13. The predicted molar refractivity (Wildman–Crippen MR) is 156 cm³/mol. The van der Waals surface area contributed by atoms with Crippen LogP contribution in [0.1, 0.15) is 39.5 Å². The van der Waals surface area contributed by atoms with Gasteiger partial charge in [0, 0.05) is 19.9 Å². The fourth-order valence-corrected chi connectivity index (χ4v) is 5.72. The van der Waals surface area contributed by atoms with Crippen molar-refractivity contribution in [3.8, 4) is 12.3 Å². The molecule has 4 rings (SSSR count). The Balaban J connectivity index is 1.74. The minimum absolute atomic E-state index is 0.0345. The van der Waals surface area contributed by atoms with E-state index >= 15 is 0 Å². The molecule has 1 aliphatic heterocycles. The van der Waals surface area contributed by atoms with Crippen LogP contribution < -0.4 is 5.32 Å². The number of ketones is 1. The summed E-state index contributed by atoms with van der Waals surface area (Å²) in [5.74, 6) is 0.954. The van der Waals surface area contributed by atoms with Gasteiger partial charge >= 0.3 is 11.9 Å². The summed E-state index contributed by atoms with van der Waals surface area (Å²) in [6.07, 6.45) is 4.26. The van der Waals surface area contributed by atoms with E-state index in [0.717, 1.165) is 0 Å². The summed E-state index contributed by atoms with van der Waals surface area (Å²) in [6, 6.07) is 1.79. The molecule has 0 spiro atoms. The number of halogens is 1. The second-order valence-corrected chi connectivity index (χ2v) is 11.1. The number of ether oxygens (including phenoxy) is 4. The first-order valence-corrected chi connectivity index (χ1v) is 14.7. The molecule has 1 aliphatic rings. The van der Waals surface area contributed by atoms with Gasteiger partial charge in [-0.25, -0.2) is 9.78 Å². The highest BCUT2D eigenvalue weighted by molar-refractivity contribution is 7.07. The molecule has 230 valence electrons. The fraction of sp³-hybridized carbons (Fsp3) is 0.500. The zero-order chi connectivity index (χ0) is 31.4. The lowest BCUT2D eigenvalue weighted by Crippen LogP contribution is -2.53. The van der Waals surface area contributed by atoms with Crippen LogP contribution in [-0.4, -0.2) is 86.5 Å². The number of Topliss-reactive ketones (excluding diaryl/α,β-unsaturated/α-hetero) is 1. The Kier molecular flexibility index (Phi) is 10.0. The molecule has 5 atom stereocenters. The van der Waals surface area contributed by atoms with Gasteiger partial charge in [-0.3, -0.25) is 14.2 Å². The maximum atomic E-state index is 13.2. The number of terminal acetylenes is 1. The summed E-state index contributed by atoms with van der Waals surface area (Å²) in [5.41, 5.74) is -2.01. The van der Waals surface area contributed by atoms with E-state index in [9.17, 15) is 19.5 Å². The number of carbonyl (C=O) groups is 3. The van der Waals surface area contributed by atoms with Gasteiger partial charge in [-0.05, 0) is 54.8 Å². The molecular weight excluding hydrogens is 602 g/mol. The van der Waals surface area contributed by atoms with Crippen molar-refractivity contribution in [2.45, 2.75) is 58.2 Å². The summed E-state index contributed by atoms with van der Waals surface area (Å²) >= 11 is 7.61. The van der Waals surface area contributed by atoms with Crippen molar-refractivity contribution < 1.29 is 38.4 Å². The molecule has 0 aliphatic carbocycles. The smallest absolute Gasteiger partial charge is 0.346 e. The van der Waals surface area contributed by atoms with Gasteiger partial charge in [0.2, 0.25) is 10.9 Å². The highest BCUT2D eigenvalue weighted by Gasteiger charge is 2.58. The maximum absolute atomic E-state index is 13.2. The molecule has 15 heteroatoms. The van der Waals surface area contributed by atoms with Crippen molar-refractivity contribution in [1.29, 1.82) is 0 Å². The van der Waals surface area contributed by atoms with Crippen molar-refractivity contribution in [3.05, 3.63) is 34.0 Å². The number of aromatic nitrogens is 4.